The molecule has 0 aliphatic heterocycles. The van der Waals surface area contributed by atoms with Gasteiger partial charge in [-0.25, -0.2) is 4.39 Å². The Morgan fingerprint density at radius 3 is 2.22 bits per heavy atom. The molecule has 4 heteroatoms. The summed E-state index contributed by atoms with van der Waals surface area (Å²) in [6.45, 7) is 5.30. The van der Waals surface area contributed by atoms with Crippen LogP contribution < -0.4 is 5.32 Å². The fourth-order valence-electron chi connectivity index (χ4n) is 1.76. The zero-order chi connectivity index (χ0) is 13.7. The van der Waals surface area contributed by atoms with Gasteiger partial charge in [0.2, 0.25) is 5.91 Å². The van der Waals surface area contributed by atoms with Crippen molar-refractivity contribution in [1.82, 2.24) is 5.32 Å². The van der Waals surface area contributed by atoms with E-state index in [9.17, 15) is 14.0 Å². The minimum Gasteiger partial charge on any atom is -0.349 e. The number of rotatable bonds is 5. The first-order valence-electron chi connectivity index (χ1n) is 5.94. The van der Waals surface area contributed by atoms with Gasteiger partial charge in [-0.05, 0) is 30.5 Å². The van der Waals surface area contributed by atoms with Crippen molar-refractivity contribution in [3.05, 3.63) is 35.6 Å². The number of ketones is 1. The second kappa shape index (κ2) is 6.28. The van der Waals surface area contributed by atoms with Crippen molar-refractivity contribution in [1.29, 1.82) is 0 Å². The third kappa shape index (κ3) is 4.28. The van der Waals surface area contributed by atoms with Crippen LogP contribution in [-0.4, -0.2) is 11.7 Å². The fourth-order valence-corrected chi connectivity index (χ4v) is 1.76. The van der Waals surface area contributed by atoms with E-state index >= 15 is 0 Å². The number of carbonyl (C=O) groups excluding carboxylic acids is 2. The van der Waals surface area contributed by atoms with Gasteiger partial charge < -0.3 is 5.32 Å². The van der Waals surface area contributed by atoms with Crippen LogP contribution in [0.3, 0.4) is 0 Å². The number of halogens is 1. The van der Waals surface area contributed by atoms with Crippen LogP contribution in [-0.2, 0) is 9.59 Å². The first-order valence-corrected chi connectivity index (χ1v) is 5.94. The second-order valence-electron chi connectivity index (χ2n) is 4.72. The van der Waals surface area contributed by atoms with Crippen LogP contribution in [0.5, 0.6) is 0 Å². The highest BCUT2D eigenvalue weighted by Crippen LogP contribution is 2.21. The largest absolute Gasteiger partial charge is 0.349 e. The zero-order valence-electron chi connectivity index (χ0n) is 10.9. The molecule has 0 aromatic heterocycles. The quantitative estimate of drug-likeness (QED) is 0.818. The molecule has 3 nitrogen and oxygen atoms in total. The first-order chi connectivity index (χ1) is 8.40. The molecule has 0 radical (unpaired) electrons. The molecule has 0 fully saturated rings. The topological polar surface area (TPSA) is 46.2 Å². The van der Waals surface area contributed by atoms with Crippen LogP contribution in [0.4, 0.5) is 4.39 Å². The van der Waals surface area contributed by atoms with Crippen LogP contribution in [0.2, 0.25) is 0 Å². The van der Waals surface area contributed by atoms with Gasteiger partial charge in [-0.3, -0.25) is 9.59 Å². The molecule has 0 aliphatic carbocycles. The van der Waals surface area contributed by atoms with Gasteiger partial charge >= 0.3 is 0 Å². The lowest BCUT2D eigenvalue weighted by Crippen LogP contribution is -2.32. The van der Waals surface area contributed by atoms with Crippen LogP contribution in [0.1, 0.15) is 38.8 Å². The summed E-state index contributed by atoms with van der Waals surface area (Å²) in [6, 6.07) is 5.81. The van der Waals surface area contributed by atoms with Gasteiger partial charge in [-0.1, -0.05) is 26.0 Å². The minimum atomic E-state index is -0.309. The summed E-state index contributed by atoms with van der Waals surface area (Å²) in [5, 5.41) is 2.80. The summed E-state index contributed by atoms with van der Waals surface area (Å²) in [5.74, 6) is -0.623. The third-order valence-corrected chi connectivity index (χ3v) is 2.62. The van der Waals surface area contributed by atoms with Gasteiger partial charge in [0.05, 0.1) is 12.5 Å². The molecular weight excluding hydrogens is 233 g/mol. The molecular formula is C14H18FNO2. The lowest BCUT2D eigenvalue weighted by Gasteiger charge is -2.22. The van der Waals surface area contributed by atoms with E-state index in [1.54, 1.807) is 12.1 Å². The van der Waals surface area contributed by atoms with Gasteiger partial charge in [0.1, 0.15) is 11.6 Å². The van der Waals surface area contributed by atoms with Gasteiger partial charge in [0.15, 0.2) is 0 Å². The normalized spacial score (nSPS) is 12.3. The Morgan fingerprint density at radius 2 is 1.78 bits per heavy atom. The molecule has 0 heterocycles. The summed E-state index contributed by atoms with van der Waals surface area (Å²) in [5.41, 5.74) is 0.836. The van der Waals surface area contributed by atoms with Crippen molar-refractivity contribution in [2.45, 2.75) is 33.2 Å². The maximum absolute atomic E-state index is 12.9. The number of carbonyl (C=O) groups is 2. The van der Waals surface area contributed by atoms with Crippen molar-refractivity contribution >= 4 is 11.7 Å². The number of Topliss-reactive ketones (excluding diaryl/α,β-unsaturated/α-hetero) is 1. The molecule has 18 heavy (non-hydrogen) atoms. The summed E-state index contributed by atoms with van der Waals surface area (Å²) < 4.78 is 12.9. The Labute approximate surface area is 106 Å². The van der Waals surface area contributed by atoms with Crippen LogP contribution in [0.15, 0.2) is 24.3 Å². The van der Waals surface area contributed by atoms with E-state index in [0.717, 1.165) is 5.56 Å². The van der Waals surface area contributed by atoms with E-state index in [2.05, 4.69) is 5.32 Å². The maximum atomic E-state index is 12.9. The van der Waals surface area contributed by atoms with E-state index in [1.165, 1.54) is 19.1 Å². The molecule has 0 saturated carbocycles. The molecule has 1 unspecified atom stereocenters. The molecule has 1 atom stereocenters. The van der Waals surface area contributed by atoms with E-state index < -0.39 is 0 Å². The van der Waals surface area contributed by atoms with E-state index in [-0.39, 0.29) is 35.9 Å². The number of hydrogen-bond acceptors (Lipinski definition) is 2. The average Bonchev–Trinajstić information content (AvgIpc) is 2.26. The second-order valence-corrected chi connectivity index (χ2v) is 4.72. The van der Waals surface area contributed by atoms with Gasteiger partial charge in [0.25, 0.3) is 0 Å². The third-order valence-electron chi connectivity index (χ3n) is 2.62. The lowest BCUT2D eigenvalue weighted by molar-refractivity contribution is -0.127. The van der Waals surface area contributed by atoms with Crippen molar-refractivity contribution in [3.63, 3.8) is 0 Å². The Kier molecular flexibility index (Phi) is 5.01. The van der Waals surface area contributed by atoms with Gasteiger partial charge in [0, 0.05) is 0 Å². The number of hydrogen-bond donors (Lipinski definition) is 1. The summed E-state index contributed by atoms with van der Waals surface area (Å²) in [4.78, 5) is 22.5. The maximum Gasteiger partial charge on any atom is 0.227 e. The molecule has 1 rings (SSSR count). The Bertz CT molecular complexity index is 426. The predicted molar refractivity (Wildman–Crippen MR) is 67.4 cm³/mol. The van der Waals surface area contributed by atoms with Crippen molar-refractivity contribution in [2.75, 3.05) is 0 Å². The Hall–Kier alpha value is -1.71. The number of benzene rings is 1. The van der Waals surface area contributed by atoms with Crippen molar-refractivity contribution < 1.29 is 14.0 Å². The molecule has 0 bridgehead atoms. The van der Waals surface area contributed by atoms with Gasteiger partial charge in [-0.15, -0.1) is 0 Å². The smallest absolute Gasteiger partial charge is 0.227 e. The van der Waals surface area contributed by atoms with E-state index in [1.807, 2.05) is 13.8 Å². The highest BCUT2D eigenvalue weighted by Gasteiger charge is 2.18. The molecule has 1 aromatic rings. The predicted octanol–water partition coefficient (Wildman–Crippen LogP) is 2.62. The monoisotopic (exact) mass is 251 g/mol. The van der Waals surface area contributed by atoms with E-state index in [0.29, 0.717) is 0 Å². The molecule has 1 aromatic carbocycles. The van der Waals surface area contributed by atoms with E-state index in [4.69, 9.17) is 0 Å². The molecule has 98 valence electrons. The highest BCUT2D eigenvalue weighted by atomic mass is 19.1. The zero-order valence-corrected chi connectivity index (χ0v) is 10.9. The lowest BCUT2D eigenvalue weighted by atomic mass is 9.96. The summed E-state index contributed by atoms with van der Waals surface area (Å²) in [7, 11) is 0. The van der Waals surface area contributed by atoms with Crippen LogP contribution in [0, 0.1) is 11.7 Å². The van der Waals surface area contributed by atoms with Crippen LogP contribution in [0.25, 0.3) is 0 Å². The van der Waals surface area contributed by atoms with Gasteiger partial charge in [-0.2, -0.15) is 0 Å². The summed E-state index contributed by atoms with van der Waals surface area (Å²) in [6.07, 6.45) is -0.121. The highest BCUT2D eigenvalue weighted by molar-refractivity contribution is 5.96. The van der Waals surface area contributed by atoms with Crippen molar-refractivity contribution in [3.8, 4) is 0 Å². The first kappa shape index (κ1) is 14.4. The molecule has 0 spiro atoms. The van der Waals surface area contributed by atoms with Crippen LogP contribution >= 0.6 is 0 Å². The standard InChI is InChI=1S/C14H18FNO2/c1-9(2)14(16-13(18)8-10(3)17)11-4-6-12(15)7-5-11/h4-7,9,14H,8H2,1-3H3,(H,16,18). The van der Waals surface area contributed by atoms with Crippen molar-refractivity contribution in [2.24, 2.45) is 5.92 Å². The summed E-state index contributed by atoms with van der Waals surface area (Å²) >= 11 is 0. The molecule has 1 N–H and O–H groups in total. The average molecular weight is 251 g/mol. The Morgan fingerprint density at radius 1 is 1.22 bits per heavy atom. The SMILES string of the molecule is CC(=O)CC(=O)NC(c1ccc(F)cc1)C(C)C. The number of nitrogens with one attached hydrogen (secondary N) is 1. The molecule has 1 amide bonds. The fraction of sp³-hybridized carbons (Fsp3) is 0.429. The minimum absolute atomic E-state index is 0.121. The Balaban J connectivity index is 2.80. The molecule has 0 aliphatic rings. The molecule has 0 saturated heterocycles. The number of amides is 1.